The topological polar surface area (TPSA) is 9.23 Å². The zero-order valence-electron chi connectivity index (χ0n) is 10.8. The van der Waals surface area contributed by atoms with Crippen molar-refractivity contribution in [3.8, 4) is 0 Å². The Morgan fingerprint density at radius 1 is 1.25 bits per heavy atom. The maximum absolute atomic E-state index is 6.17. The maximum Gasteiger partial charge on any atom is 0.184 e. The van der Waals surface area contributed by atoms with Crippen LogP contribution in [0.2, 0.25) is 19.6 Å². The molecule has 1 atom stereocenters. The van der Waals surface area contributed by atoms with Gasteiger partial charge in [0.25, 0.3) is 0 Å². The van der Waals surface area contributed by atoms with E-state index in [4.69, 9.17) is 4.43 Å². The Bertz CT molecular complexity index is 335. The second-order valence-electron chi connectivity index (χ2n) is 5.15. The molecule has 2 heteroatoms. The van der Waals surface area contributed by atoms with Gasteiger partial charge in [0, 0.05) is 0 Å². The van der Waals surface area contributed by atoms with Crippen molar-refractivity contribution in [2.24, 2.45) is 0 Å². The van der Waals surface area contributed by atoms with E-state index in [1.54, 1.807) is 0 Å². The van der Waals surface area contributed by atoms with Crippen LogP contribution in [0.5, 0.6) is 0 Å². The molecule has 0 fully saturated rings. The first-order chi connectivity index (χ1) is 7.42. The maximum atomic E-state index is 6.17. The molecule has 0 amide bonds. The van der Waals surface area contributed by atoms with Crippen molar-refractivity contribution < 1.29 is 4.43 Å². The van der Waals surface area contributed by atoms with Crippen molar-refractivity contribution in [3.63, 3.8) is 0 Å². The first kappa shape index (κ1) is 13.2. The summed E-state index contributed by atoms with van der Waals surface area (Å²) in [5.41, 5.74) is 2.54. The van der Waals surface area contributed by atoms with Gasteiger partial charge >= 0.3 is 0 Å². The van der Waals surface area contributed by atoms with Crippen LogP contribution in [-0.4, -0.2) is 8.32 Å². The highest BCUT2D eigenvalue weighted by Crippen LogP contribution is 2.25. The van der Waals surface area contributed by atoms with E-state index in [1.807, 2.05) is 6.08 Å². The normalized spacial score (nSPS) is 13.5. The Hall–Kier alpha value is -0.863. The summed E-state index contributed by atoms with van der Waals surface area (Å²) in [5, 5.41) is 0. The summed E-state index contributed by atoms with van der Waals surface area (Å²) in [5.74, 6) is 0. The minimum atomic E-state index is -1.50. The van der Waals surface area contributed by atoms with E-state index >= 15 is 0 Å². The minimum Gasteiger partial charge on any atom is -0.410 e. The smallest absolute Gasteiger partial charge is 0.184 e. The lowest BCUT2D eigenvalue weighted by molar-refractivity contribution is 0.201. The first-order valence-corrected chi connectivity index (χ1v) is 9.18. The molecule has 0 aliphatic carbocycles. The summed E-state index contributed by atoms with van der Waals surface area (Å²) >= 11 is 0. The van der Waals surface area contributed by atoms with Gasteiger partial charge in [-0.25, -0.2) is 0 Å². The Balaban J connectivity index is 2.84. The summed E-state index contributed by atoms with van der Waals surface area (Å²) in [6.07, 6.45) is 2.99. The number of hydrogen-bond acceptors (Lipinski definition) is 1. The van der Waals surface area contributed by atoms with Gasteiger partial charge in [0.05, 0.1) is 6.10 Å². The molecule has 0 radical (unpaired) electrons. The fourth-order valence-electron chi connectivity index (χ4n) is 1.61. The lowest BCUT2D eigenvalue weighted by Gasteiger charge is -2.26. The predicted molar refractivity (Wildman–Crippen MR) is 73.2 cm³/mol. The summed E-state index contributed by atoms with van der Waals surface area (Å²) in [7, 11) is -1.50. The van der Waals surface area contributed by atoms with Crippen LogP contribution >= 0.6 is 0 Å². The third-order valence-electron chi connectivity index (χ3n) is 2.33. The molecule has 1 aromatic rings. The quantitative estimate of drug-likeness (QED) is 0.540. The van der Waals surface area contributed by atoms with Crippen LogP contribution in [0, 0.1) is 6.92 Å². The number of rotatable bonds is 5. The second kappa shape index (κ2) is 5.46. The average Bonchev–Trinajstić information content (AvgIpc) is 2.16. The first-order valence-electron chi connectivity index (χ1n) is 5.77. The molecule has 16 heavy (non-hydrogen) atoms. The van der Waals surface area contributed by atoms with Crippen LogP contribution in [-0.2, 0) is 4.43 Å². The molecule has 1 aromatic carbocycles. The van der Waals surface area contributed by atoms with Gasteiger partial charge in [-0.1, -0.05) is 35.9 Å². The molecule has 0 saturated heterocycles. The third-order valence-corrected chi connectivity index (χ3v) is 3.32. The van der Waals surface area contributed by atoms with Crippen LogP contribution in [0.3, 0.4) is 0 Å². The molecular weight excluding hydrogens is 212 g/mol. The van der Waals surface area contributed by atoms with E-state index in [0.717, 1.165) is 6.42 Å². The Morgan fingerprint density at radius 2 is 1.81 bits per heavy atom. The molecule has 1 nitrogen and oxygen atoms in total. The van der Waals surface area contributed by atoms with Crippen molar-refractivity contribution >= 4 is 8.32 Å². The number of benzene rings is 1. The lowest BCUT2D eigenvalue weighted by Crippen LogP contribution is -2.27. The van der Waals surface area contributed by atoms with Crippen LogP contribution in [0.4, 0.5) is 0 Å². The second-order valence-corrected chi connectivity index (χ2v) is 9.61. The highest BCUT2D eigenvalue weighted by Gasteiger charge is 2.21. The molecular formula is C14H22OSi. The standard InChI is InChI=1S/C14H22OSi/c1-6-7-14(15-16(3,4)5)13-10-8-12(2)9-11-13/h6,8-11,14H,1,7H2,2-5H3. The fraction of sp³-hybridized carbons (Fsp3) is 0.429. The van der Waals surface area contributed by atoms with E-state index in [0.29, 0.717) is 0 Å². The van der Waals surface area contributed by atoms with Crippen LogP contribution < -0.4 is 0 Å². The Morgan fingerprint density at radius 3 is 2.25 bits per heavy atom. The SMILES string of the molecule is C=CCC(O[Si](C)(C)C)c1ccc(C)cc1. The predicted octanol–water partition coefficient (Wildman–Crippen LogP) is 4.46. The zero-order valence-corrected chi connectivity index (χ0v) is 11.8. The summed E-state index contributed by atoms with van der Waals surface area (Å²) in [6, 6.07) is 8.59. The lowest BCUT2D eigenvalue weighted by atomic mass is 10.1. The van der Waals surface area contributed by atoms with Gasteiger partial charge in [0.1, 0.15) is 0 Å². The number of aryl methyl sites for hydroxylation is 1. The summed E-state index contributed by atoms with van der Waals surface area (Å²) in [4.78, 5) is 0. The van der Waals surface area contributed by atoms with E-state index < -0.39 is 8.32 Å². The van der Waals surface area contributed by atoms with Crippen LogP contribution in [0.25, 0.3) is 0 Å². The van der Waals surface area contributed by atoms with Crippen LogP contribution in [0.1, 0.15) is 23.7 Å². The molecule has 0 heterocycles. The van der Waals surface area contributed by atoms with Gasteiger partial charge in [-0.2, -0.15) is 0 Å². The van der Waals surface area contributed by atoms with Crippen molar-refractivity contribution in [2.75, 3.05) is 0 Å². The molecule has 0 bridgehead atoms. The molecule has 1 unspecified atom stereocenters. The molecule has 0 aromatic heterocycles. The van der Waals surface area contributed by atoms with Crippen molar-refractivity contribution in [2.45, 2.75) is 39.1 Å². The van der Waals surface area contributed by atoms with Gasteiger partial charge in [-0.15, -0.1) is 6.58 Å². The largest absolute Gasteiger partial charge is 0.410 e. The highest BCUT2D eigenvalue weighted by molar-refractivity contribution is 6.69. The van der Waals surface area contributed by atoms with Gasteiger partial charge in [-0.3, -0.25) is 0 Å². The van der Waals surface area contributed by atoms with Gasteiger partial charge in [-0.05, 0) is 38.5 Å². The van der Waals surface area contributed by atoms with Gasteiger partial charge in [0.2, 0.25) is 0 Å². The van der Waals surface area contributed by atoms with Crippen molar-refractivity contribution in [1.29, 1.82) is 0 Å². The molecule has 0 spiro atoms. The van der Waals surface area contributed by atoms with Crippen molar-refractivity contribution in [1.82, 2.24) is 0 Å². The molecule has 88 valence electrons. The minimum absolute atomic E-state index is 0.171. The molecule has 0 aliphatic heterocycles. The Labute approximate surface area is 100 Å². The van der Waals surface area contributed by atoms with E-state index in [-0.39, 0.29) is 6.10 Å². The fourth-order valence-corrected chi connectivity index (χ4v) is 2.70. The molecule has 0 N–H and O–H groups in total. The van der Waals surface area contributed by atoms with E-state index in [1.165, 1.54) is 11.1 Å². The zero-order chi connectivity index (χ0) is 12.2. The Kier molecular flexibility index (Phi) is 4.51. The summed E-state index contributed by atoms with van der Waals surface area (Å²) < 4.78 is 6.17. The van der Waals surface area contributed by atoms with Crippen molar-refractivity contribution in [3.05, 3.63) is 48.0 Å². The highest BCUT2D eigenvalue weighted by atomic mass is 28.4. The van der Waals surface area contributed by atoms with E-state index in [2.05, 4.69) is 57.4 Å². The average molecular weight is 234 g/mol. The van der Waals surface area contributed by atoms with Gasteiger partial charge in [0.15, 0.2) is 8.32 Å². The summed E-state index contributed by atoms with van der Waals surface area (Å²) in [6.45, 7) is 12.6. The molecule has 1 rings (SSSR count). The van der Waals surface area contributed by atoms with E-state index in [9.17, 15) is 0 Å². The van der Waals surface area contributed by atoms with Gasteiger partial charge < -0.3 is 4.43 Å². The molecule has 0 aliphatic rings. The van der Waals surface area contributed by atoms with Crippen LogP contribution in [0.15, 0.2) is 36.9 Å². The number of hydrogen-bond donors (Lipinski definition) is 0. The monoisotopic (exact) mass is 234 g/mol. The molecule has 0 saturated carbocycles. The third kappa shape index (κ3) is 4.33.